The van der Waals surface area contributed by atoms with Crippen LogP contribution < -0.4 is 16.4 Å². The first-order valence-electron chi connectivity index (χ1n) is 6.48. The van der Waals surface area contributed by atoms with E-state index in [-0.39, 0.29) is 17.9 Å². The maximum Gasteiger partial charge on any atom is 0.223 e. The van der Waals surface area contributed by atoms with Gasteiger partial charge in [0.2, 0.25) is 5.91 Å². The molecule has 0 aliphatic heterocycles. The van der Waals surface area contributed by atoms with Gasteiger partial charge in [-0.1, -0.05) is 13.3 Å². The average molecular weight is 227 g/mol. The summed E-state index contributed by atoms with van der Waals surface area (Å²) in [5, 5.41) is 6.24. The van der Waals surface area contributed by atoms with Crippen LogP contribution >= 0.6 is 0 Å². The number of amides is 1. The van der Waals surface area contributed by atoms with Gasteiger partial charge in [0.05, 0.1) is 0 Å². The van der Waals surface area contributed by atoms with Crippen LogP contribution in [0, 0.1) is 5.92 Å². The van der Waals surface area contributed by atoms with Gasteiger partial charge in [0.15, 0.2) is 0 Å². The summed E-state index contributed by atoms with van der Waals surface area (Å²) < 4.78 is 0. The normalized spacial score (nSPS) is 25.4. The summed E-state index contributed by atoms with van der Waals surface area (Å²) in [6, 6.07) is 0.225. The van der Waals surface area contributed by atoms with Crippen LogP contribution in [-0.2, 0) is 4.79 Å². The van der Waals surface area contributed by atoms with Crippen LogP contribution in [0.3, 0.4) is 0 Å². The fraction of sp³-hybridized carbons (Fsp3) is 0.917. The molecule has 1 rings (SSSR count). The molecule has 1 saturated carbocycles. The molecule has 16 heavy (non-hydrogen) atoms. The van der Waals surface area contributed by atoms with Gasteiger partial charge in [0, 0.05) is 25.0 Å². The van der Waals surface area contributed by atoms with Crippen LogP contribution in [0.1, 0.15) is 39.0 Å². The Kier molecular flexibility index (Phi) is 6.42. The molecule has 2 unspecified atom stereocenters. The third-order valence-electron chi connectivity index (χ3n) is 3.11. The van der Waals surface area contributed by atoms with Crippen LogP contribution in [0.25, 0.3) is 0 Å². The number of nitrogens with one attached hydrogen (secondary N) is 2. The maximum atomic E-state index is 11.8. The van der Waals surface area contributed by atoms with Crippen molar-refractivity contribution in [2.24, 2.45) is 11.7 Å². The summed E-state index contributed by atoms with van der Waals surface area (Å²) in [5.74, 6) is 0.336. The van der Waals surface area contributed by atoms with Crippen molar-refractivity contribution in [2.45, 2.75) is 45.1 Å². The zero-order valence-electron chi connectivity index (χ0n) is 10.3. The highest BCUT2D eigenvalue weighted by atomic mass is 16.1. The molecule has 1 aliphatic rings. The first-order valence-corrected chi connectivity index (χ1v) is 6.48. The smallest absolute Gasteiger partial charge is 0.223 e. The zero-order valence-corrected chi connectivity index (χ0v) is 10.3. The van der Waals surface area contributed by atoms with Crippen molar-refractivity contribution in [3.63, 3.8) is 0 Å². The molecule has 1 fully saturated rings. The van der Waals surface area contributed by atoms with E-state index in [1.54, 1.807) is 0 Å². The molecule has 2 atom stereocenters. The predicted molar refractivity (Wildman–Crippen MR) is 66.1 cm³/mol. The lowest BCUT2D eigenvalue weighted by atomic mass is 9.85. The molecule has 4 heteroatoms. The highest BCUT2D eigenvalue weighted by molar-refractivity contribution is 5.78. The Bertz CT molecular complexity index is 208. The molecular weight excluding hydrogens is 202 g/mol. The second kappa shape index (κ2) is 7.63. The zero-order chi connectivity index (χ0) is 11.8. The number of rotatable bonds is 6. The number of carbonyl (C=O) groups excluding carboxylic acids is 1. The standard InChI is InChI=1S/C12H25N3O/c1-2-6-14-7-8-15-12(16)10-4-3-5-11(13)9-10/h10-11,14H,2-9,13H2,1H3,(H,15,16). The van der Waals surface area contributed by atoms with Crippen LogP contribution in [0.2, 0.25) is 0 Å². The molecule has 0 aromatic heterocycles. The molecule has 1 amide bonds. The molecule has 0 bridgehead atoms. The third kappa shape index (κ3) is 4.94. The summed E-state index contributed by atoms with van der Waals surface area (Å²) in [5.41, 5.74) is 5.86. The first kappa shape index (κ1) is 13.5. The van der Waals surface area contributed by atoms with Crippen molar-refractivity contribution in [2.75, 3.05) is 19.6 Å². The molecule has 0 heterocycles. The number of hydrogen-bond donors (Lipinski definition) is 3. The van der Waals surface area contributed by atoms with E-state index < -0.39 is 0 Å². The van der Waals surface area contributed by atoms with E-state index in [1.807, 2.05) is 0 Å². The summed E-state index contributed by atoms with van der Waals surface area (Å²) in [6.45, 7) is 4.74. The third-order valence-corrected chi connectivity index (χ3v) is 3.11. The largest absolute Gasteiger partial charge is 0.355 e. The van der Waals surface area contributed by atoms with Gasteiger partial charge in [-0.15, -0.1) is 0 Å². The van der Waals surface area contributed by atoms with Crippen molar-refractivity contribution in [1.29, 1.82) is 0 Å². The summed E-state index contributed by atoms with van der Waals surface area (Å²) in [7, 11) is 0. The lowest BCUT2D eigenvalue weighted by Gasteiger charge is -2.25. The Labute approximate surface area is 98.3 Å². The molecule has 4 nitrogen and oxygen atoms in total. The van der Waals surface area contributed by atoms with Crippen molar-refractivity contribution in [3.05, 3.63) is 0 Å². The molecule has 0 aromatic rings. The molecule has 0 radical (unpaired) electrons. The Balaban J connectivity index is 2.09. The lowest BCUT2D eigenvalue weighted by molar-refractivity contribution is -0.126. The van der Waals surface area contributed by atoms with Crippen LogP contribution in [-0.4, -0.2) is 31.6 Å². The highest BCUT2D eigenvalue weighted by Gasteiger charge is 2.24. The van der Waals surface area contributed by atoms with E-state index in [4.69, 9.17) is 5.73 Å². The summed E-state index contributed by atoms with van der Waals surface area (Å²) in [6.07, 6.45) is 5.15. The van der Waals surface area contributed by atoms with Crippen molar-refractivity contribution in [3.8, 4) is 0 Å². The number of hydrogen-bond acceptors (Lipinski definition) is 3. The van der Waals surface area contributed by atoms with E-state index >= 15 is 0 Å². The van der Waals surface area contributed by atoms with Crippen LogP contribution in [0.15, 0.2) is 0 Å². The van der Waals surface area contributed by atoms with Gasteiger partial charge >= 0.3 is 0 Å². The van der Waals surface area contributed by atoms with Gasteiger partial charge in [0.25, 0.3) is 0 Å². The fourth-order valence-corrected chi connectivity index (χ4v) is 2.19. The Morgan fingerprint density at radius 2 is 2.12 bits per heavy atom. The number of nitrogens with two attached hydrogens (primary N) is 1. The minimum atomic E-state index is 0.148. The average Bonchev–Trinajstić information content (AvgIpc) is 2.28. The van der Waals surface area contributed by atoms with E-state index in [1.165, 1.54) is 0 Å². The van der Waals surface area contributed by atoms with E-state index in [2.05, 4.69) is 17.6 Å². The van der Waals surface area contributed by atoms with Crippen molar-refractivity contribution in [1.82, 2.24) is 10.6 Å². The summed E-state index contributed by atoms with van der Waals surface area (Å²) in [4.78, 5) is 11.8. The van der Waals surface area contributed by atoms with Gasteiger partial charge in [-0.05, 0) is 32.2 Å². The highest BCUT2D eigenvalue weighted by Crippen LogP contribution is 2.22. The second-order valence-electron chi connectivity index (χ2n) is 4.66. The van der Waals surface area contributed by atoms with Gasteiger partial charge in [0.1, 0.15) is 0 Å². The first-order chi connectivity index (χ1) is 7.74. The van der Waals surface area contributed by atoms with E-state index in [0.717, 1.165) is 51.7 Å². The fourth-order valence-electron chi connectivity index (χ4n) is 2.19. The van der Waals surface area contributed by atoms with Crippen LogP contribution in [0.5, 0.6) is 0 Å². The Hall–Kier alpha value is -0.610. The minimum Gasteiger partial charge on any atom is -0.355 e. The van der Waals surface area contributed by atoms with Crippen molar-refractivity contribution < 1.29 is 4.79 Å². The molecule has 94 valence electrons. The van der Waals surface area contributed by atoms with Gasteiger partial charge in [-0.3, -0.25) is 4.79 Å². The van der Waals surface area contributed by atoms with Crippen LogP contribution in [0.4, 0.5) is 0 Å². The van der Waals surface area contributed by atoms with Gasteiger partial charge in [-0.2, -0.15) is 0 Å². The molecule has 0 spiro atoms. The van der Waals surface area contributed by atoms with Gasteiger partial charge in [-0.25, -0.2) is 0 Å². The monoisotopic (exact) mass is 227 g/mol. The predicted octanol–water partition coefficient (Wildman–Crippen LogP) is 0.620. The molecule has 4 N–H and O–H groups in total. The molecule has 0 saturated heterocycles. The van der Waals surface area contributed by atoms with E-state index in [0.29, 0.717) is 0 Å². The summed E-state index contributed by atoms with van der Waals surface area (Å²) >= 11 is 0. The molecule has 0 aromatic carbocycles. The molecule has 1 aliphatic carbocycles. The number of carbonyl (C=O) groups is 1. The Morgan fingerprint density at radius 1 is 1.31 bits per heavy atom. The lowest BCUT2D eigenvalue weighted by Crippen LogP contribution is -2.40. The van der Waals surface area contributed by atoms with Crippen molar-refractivity contribution >= 4 is 5.91 Å². The topological polar surface area (TPSA) is 67.1 Å². The minimum absolute atomic E-state index is 0.148. The van der Waals surface area contributed by atoms with Gasteiger partial charge < -0.3 is 16.4 Å². The quantitative estimate of drug-likeness (QED) is 0.583. The van der Waals surface area contributed by atoms with E-state index in [9.17, 15) is 4.79 Å². The SMILES string of the molecule is CCCNCCNC(=O)C1CCCC(N)C1. The maximum absolute atomic E-state index is 11.8. The second-order valence-corrected chi connectivity index (χ2v) is 4.66. The Morgan fingerprint density at radius 3 is 2.81 bits per heavy atom. The molecular formula is C12H25N3O.